The number of rotatable bonds is 5. The summed E-state index contributed by atoms with van der Waals surface area (Å²) in [4.78, 5) is 29.5. The van der Waals surface area contributed by atoms with Gasteiger partial charge in [-0.25, -0.2) is 4.79 Å². The van der Waals surface area contributed by atoms with Crippen molar-refractivity contribution in [3.05, 3.63) is 18.2 Å². The van der Waals surface area contributed by atoms with E-state index in [-0.39, 0.29) is 24.8 Å². The third-order valence-corrected chi connectivity index (χ3v) is 3.25. The zero-order valence-electron chi connectivity index (χ0n) is 14.5. The molecule has 2 rings (SSSR count). The summed E-state index contributed by atoms with van der Waals surface area (Å²) in [5, 5.41) is 10.1. The van der Waals surface area contributed by atoms with Crippen LogP contribution in [-0.2, 0) is 19.1 Å². The van der Waals surface area contributed by atoms with Crippen molar-refractivity contribution in [3.63, 3.8) is 0 Å². The molecule has 1 aliphatic heterocycles. The minimum atomic E-state index is -3.06. The second-order valence-electron chi connectivity index (χ2n) is 6.47. The number of halogens is 2. The summed E-state index contributed by atoms with van der Waals surface area (Å²) in [6.45, 7) is 1.88. The average Bonchev–Trinajstić information content (AvgIpc) is 2.52. The normalized spacial score (nSPS) is 19.4. The maximum atomic E-state index is 12.6. The second-order valence-corrected chi connectivity index (χ2v) is 6.47. The van der Waals surface area contributed by atoms with Gasteiger partial charge in [-0.15, -0.1) is 0 Å². The van der Waals surface area contributed by atoms with Gasteiger partial charge in [0.25, 0.3) is 5.91 Å². The Labute approximate surface area is 148 Å². The van der Waals surface area contributed by atoms with Gasteiger partial charge in [-0.2, -0.15) is 13.8 Å². The number of esters is 1. The van der Waals surface area contributed by atoms with Crippen molar-refractivity contribution in [3.8, 4) is 5.88 Å². The van der Waals surface area contributed by atoms with Crippen LogP contribution in [0.2, 0.25) is 0 Å². The smallest absolute Gasteiger partial charge is 0.388 e. The van der Waals surface area contributed by atoms with Crippen molar-refractivity contribution in [2.75, 3.05) is 18.1 Å². The molecular formula is C16H20F2N2O6. The first-order chi connectivity index (χ1) is 12.1. The third kappa shape index (κ3) is 5.09. The molecule has 1 fully saturated rings. The van der Waals surface area contributed by atoms with E-state index in [0.29, 0.717) is 0 Å². The molecule has 0 spiro atoms. The number of hydrogen-bond donors (Lipinski definition) is 1. The Bertz CT molecular complexity index is 664. The highest BCUT2D eigenvalue weighted by molar-refractivity contribution is 5.99. The summed E-state index contributed by atoms with van der Waals surface area (Å²) in [7, 11) is 0. The van der Waals surface area contributed by atoms with Crippen LogP contribution in [0.5, 0.6) is 5.88 Å². The summed E-state index contributed by atoms with van der Waals surface area (Å²) < 4.78 is 39.1. The van der Waals surface area contributed by atoms with E-state index in [0.717, 1.165) is 4.90 Å². The van der Waals surface area contributed by atoms with Crippen LogP contribution in [-0.4, -0.2) is 59.5 Å². The number of carbonyl (C=O) groups is 2. The van der Waals surface area contributed by atoms with Crippen molar-refractivity contribution in [2.45, 2.75) is 45.2 Å². The SMILES string of the molecule is CC(C)(C)OC(=O)[C@H](O)[C@H]1OCCN(c2cccc(OC(F)F)n2)C1=O. The molecule has 8 nitrogen and oxygen atoms in total. The summed E-state index contributed by atoms with van der Waals surface area (Å²) in [6.07, 6.45) is -3.31. The molecule has 2 atom stereocenters. The van der Waals surface area contributed by atoms with Crippen LogP contribution >= 0.6 is 0 Å². The van der Waals surface area contributed by atoms with Crippen LogP contribution in [0.25, 0.3) is 0 Å². The minimum absolute atomic E-state index is 0.0118. The molecule has 144 valence electrons. The van der Waals surface area contributed by atoms with E-state index in [2.05, 4.69) is 9.72 Å². The van der Waals surface area contributed by atoms with Crippen molar-refractivity contribution in [1.82, 2.24) is 4.98 Å². The molecule has 1 amide bonds. The molecule has 0 unspecified atom stereocenters. The number of ether oxygens (including phenoxy) is 3. The first-order valence-electron chi connectivity index (χ1n) is 7.84. The molecule has 0 aliphatic carbocycles. The fourth-order valence-corrected chi connectivity index (χ4v) is 2.26. The number of aromatic nitrogens is 1. The Balaban J connectivity index is 2.15. The topological polar surface area (TPSA) is 98.2 Å². The first kappa shape index (κ1) is 20.0. The van der Waals surface area contributed by atoms with Crippen LogP contribution in [0.1, 0.15) is 20.8 Å². The van der Waals surface area contributed by atoms with Gasteiger partial charge in [0.05, 0.1) is 13.2 Å². The van der Waals surface area contributed by atoms with Gasteiger partial charge >= 0.3 is 12.6 Å². The highest BCUT2D eigenvalue weighted by atomic mass is 19.3. The van der Waals surface area contributed by atoms with Crippen LogP contribution in [0.15, 0.2) is 18.2 Å². The molecule has 26 heavy (non-hydrogen) atoms. The van der Waals surface area contributed by atoms with Gasteiger partial charge in [0, 0.05) is 6.07 Å². The van der Waals surface area contributed by atoms with Gasteiger partial charge in [-0.3, -0.25) is 9.69 Å². The zero-order chi connectivity index (χ0) is 19.5. The van der Waals surface area contributed by atoms with Crippen molar-refractivity contribution < 1.29 is 37.7 Å². The zero-order valence-corrected chi connectivity index (χ0v) is 14.5. The number of aliphatic hydroxyl groups excluding tert-OH is 1. The lowest BCUT2D eigenvalue weighted by atomic mass is 10.1. The number of carbonyl (C=O) groups excluding carboxylic acids is 2. The molecule has 1 N–H and O–H groups in total. The number of anilines is 1. The molecule has 0 aromatic carbocycles. The minimum Gasteiger partial charge on any atom is -0.458 e. The van der Waals surface area contributed by atoms with E-state index in [1.54, 1.807) is 20.8 Å². The molecule has 0 radical (unpaired) electrons. The average molecular weight is 374 g/mol. The standard InChI is InChI=1S/C16H20F2N2O6/c1-16(2,3)26-14(23)11(21)12-13(22)20(7-8-24-12)9-5-4-6-10(19-9)25-15(17)18/h4-6,11-12,15,21H,7-8H2,1-3H3/t11-,12-/m1/s1. The van der Waals surface area contributed by atoms with Crippen molar-refractivity contribution in [2.24, 2.45) is 0 Å². The molecule has 10 heteroatoms. The molecule has 1 aromatic heterocycles. The molecular weight excluding hydrogens is 354 g/mol. The highest BCUT2D eigenvalue weighted by Crippen LogP contribution is 2.22. The molecule has 2 heterocycles. The van der Waals surface area contributed by atoms with Gasteiger partial charge in [-0.05, 0) is 26.8 Å². The van der Waals surface area contributed by atoms with E-state index in [9.17, 15) is 23.5 Å². The van der Waals surface area contributed by atoms with Crippen molar-refractivity contribution >= 4 is 17.7 Å². The monoisotopic (exact) mass is 374 g/mol. The Morgan fingerprint density at radius 1 is 1.42 bits per heavy atom. The third-order valence-electron chi connectivity index (χ3n) is 3.25. The van der Waals surface area contributed by atoms with E-state index < -0.39 is 36.3 Å². The van der Waals surface area contributed by atoms with Crippen molar-refractivity contribution in [1.29, 1.82) is 0 Å². The van der Waals surface area contributed by atoms with Crippen LogP contribution < -0.4 is 9.64 Å². The number of amides is 1. The van der Waals surface area contributed by atoms with Gasteiger partial charge in [-0.1, -0.05) is 6.07 Å². The molecule has 0 saturated carbocycles. The van der Waals surface area contributed by atoms with Gasteiger partial charge in [0.1, 0.15) is 11.4 Å². The fourth-order valence-electron chi connectivity index (χ4n) is 2.26. The predicted molar refractivity (Wildman–Crippen MR) is 84.8 cm³/mol. The number of hydrogen-bond acceptors (Lipinski definition) is 7. The number of morpholine rings is 1. The van der Waals surface area contributed by atoms with E-state index in [4.69, 9.17) is 9.47 Å². The Hall–Kier alpha value is -2.33. The van der Waals surface area contributed by atoms with E-state index in [1.807, 2.05) is 0 Å². The lowest BCUT2D eigenvalue weighted by Crippen LogP contribution is -2.55. The lowest BCUT2D eigenvalue weighted by Gasteiger charge is -2.34. The van der Waals surface area contributed by atoms with E-state index >= 15 is 0 Å². The molecule has 1 aliphatic rings. The Kier molecular flexibility index (Phi) is 6.09. The summed E-state index contributed by atoms with van der Waals surface area (Å²) in [5.41, 5.74) is -0.849. The van der Waals surface area contributed by atoms with Crippen LogP contribution in [0.4, 0.5) is 14.6 Å². The summed E-state index contributed by atoms with van der Waals surface area (Å²) >= 11 is 0. The van der Waals surface area contributed by atoms with Gasteiger partial charge in [0.15, 0.2) is 12.2 Å². The lowest BCUT2D eigenvalue weighted by molar-refractivity contribution is -0.177. The Morgan fingerprint density at radius 2 is 2.12 bits per heavy atom. The van der Waals surface area contributed by atoms with E-state index in [1.165, 1.54) is 18.2 Å². The Morgan fingerprint density at radius 3 is 2.73 bits per heavy atom. The van der Waals surface area contributed by atoms with Crippen LogP contribution in [0, 0.1) is 0 Å². The summed E-state index contributed by atoms with van der Waals surface area (Å²) in [6, 6.07) is 4.02. The quantitative estimate of drug-likeness (QED) is 0.771. The maximum Gasteiger partial charge on any atom is 0.388 e. The highest BCUT2D eigenvalue weighted by Gasteiger charge is 2.41. The van der Waals surface area contributed by atoms with Gasteiger partial charge < -0.3 is 19.3 Å². The first-order valence-corrected chi connectivity index (χ1v) is 7.84. The second kappa shape index (κ2) is 7.92. The predicted octanol–water partition coefficient (Wildman–Crippen LogP) is 1.12. The number of nitrogens with zero attached hydrogens (tertiary/aromatic N) is 2. The van der Waals surface area contributed by atoms with Crippen LogP contribution in [0.3, 0.4) is 0 Å². The number of alkyl halides is 2. The summed E-state index contributed by atoms with van der Waals surface area (Å²) in [5.74, 6) is -2.06. The largest absolute Gasteiger partial charge is 0.458 e. The maximum absolute atomic E-state index is 12.6. The number of pyridine rings is 1. The molecule has 1 aromatic rings. The molecule has 0 bridgehead atoms. The van der Waals surface area contributed by atoms with Gasteiger partial charge in [0.2, 0.25) is 5.88 Å². The number of aliphatic hydroxyl groups is 1. The fraction of sp³-hybridized carbons (Fsp3) is 0.562. The molecule has 1 saturated heterocycles.